The normalized spacial score (nSPS) is 18.8. The van der Waals surface area contributed by atoms with Gasteiger partial charge in [-0.25, -0.2) is 4.79 Å². The lowest BCUT2D eigenvalue weighted by molar-refractivity contribution is -0.301. The Balaban J connectivity index is 2.72. The molecule has 1 heterocycles. The van der Waals surface area contributed by atoms with Crippen LogP contribution in [0.4, 0.5) is 0 Å². The summed E-state index contributed by atoms with van der Waals surface area (Å²) in [5.41, 5.74) is 0. The van der Waals surface area contributed by atoms with E-state index in [1.807, 2.05) is 0 Å². The highest BCUT2D eigenvalue weighted by molar-refractivity contribution is 5.74. The van der Waals surface area contributed by atoms with Crippen LogP contribution in [0, 0.1) is 0 Å². The van der Waals surface area contributed by atoms with Crippen molar-refractivity contribution >= 4 is 23.9 Å². The van der Waals surface area contributed by atoms with Crippen molar-refractivity contribution in [3.8, 4) is 0 Å². The maximum atomic E-state index is 13.1. The quantitative estimate of drug-likeness (QED) is 0.0228. The Hall–Kier alpha value is -3.84. The van der Waals surface area contributed by atoms with Crippen LogP contribution in [0.2, 0.25) is 0 Å². The van der Waals surface area contributed by atoms with Crippen LogP contribution in [0.1, 0.15) is 239 Å². The van der Waals surface area contributed by atoms with E-state index in [1.165, 1.54) is 51.4 Å². The number of carbonyl (C=O) groups is 4. The van der Waals surface area contributed by atoms with Gasteiger partial charge in [-0.3, -0.25) is 14.4 Å². The van der Waals surface area contributed by atoms with Crippen LogP contribution in [0.15, 0.2) is 72.9 Å². The lowest BCUT2D eigenvalue weighted by atomic mass is 9.98. The second-order valence-corrected chi connectivity index (χ2v) is 19.5. The second kappa shape index (κ2) is 49.1. The van der Waals surface area contributed by atoms with E-state index in [9.17, 15) is 34.5 Å². The molecule has 0 aliphatic carbocycles. The van der Waals surface area contributed by atoms with E-state index in [-0.39, 0.29) is 25.9 Å². The van der Waals surface area contributed by atoms with Crippen molar-refractivity contribution < 1.29 is 58.2 Å². The fourth-order valence-corrected chi connectivity index (χ4v) is 8.27. The maximum absolute atomic E-state index is 13.1. The van der Waals surface area contributed by atoms with Gasteiger partial charge in [-0.15, -0.1) is 0 Å². The first kappa shape index (κ1) is 67.2. The fraction of sp³-hybridized carbons (Fsp3) is 0.738. The lowest BCUT2D eigenvalue weighted by Crippen LogP contribution is -2.61. The number of rotatable bonds is 48. The second-order valence-electron chi connectivity index (χ2n) is 19.5. The first-order valence-electron chi connectivity index (χ1n) is 28.9. The molecule has 418 valence electrons. The van der Waals surface area contributed by atoms with E-state index in [1.54, 1.807) is 0 Å². The highest BCUT2D eigenvalue weighted by Crippen LogP contribution is 2.26. The van der Waals surface area contributed by atoms with Crippen molar-refractivity contribution in [3.63, 3.8) is 0 Å². The van der Waals surface area contributed by atoms with E-state index in [4.69, 9.17) is 23.7 Å². The molecule has 12 heteroatoms. The zero-order valence-electron chi connectivity index (χ0n) is 45.9. The van der Waals surface area contributed by atoms with Gasteiger partial charge in [0.2, 0.25) is 0 Å². The monoisotopic (exact) mass is 1030 g/mol. The Morgan fingerprint density at radius 1 is 0.466 bits per heavy atom. The van der Waals surface area contributed by atoms with Crippen LogP contribution in [0.3, 0.4) is 0 Å². The van der Waals surface area contributed by atoms with Crippen molar-refractivity contribution in [2.75, 3.05) is 13.2 Å². The average molecular weight is 1030 g/mol. The molecule has 0 aromatic heterocycles. The minimum Gasteiger partial charge on any atom is -0.479 e. The van der Waals surface area contributed by atoms with E-state index in [0.29, 0.717) is 19.3 Å². The largest absolute Gasteiger partial charge is 0.479 e. The third-order valence-corrected chi connectivity index (χ3v) is 12.7. The molecule has 73 heavy (non-hydrogen) atoms. The van der Waals surface area contributed by atoms with Crippen molar-refractivity contribution in [1.82, 2.24) is 0 Å². The molecule has 1 rings (SSSR count). The number of aliphatic hydroxyl groups is 2. The summed E-state index contributed by atoms with van der Waals surface area (Å²) in [6, 6.07) is 0. The number of carboxylic acids is 1. The number of unbranched alkanes of at least 4 members (excludes halogenated alkanes) is 22. The van der Waals surface area contributed by atoms with Gasteiger partial charge in [-0.2, -0.15) is 0 Å². The molecule has 1 aliphatic heterocycles. The highest BCUT2D eigenvalue weighted by Gasteiger charge is 2.50. The molecule has 0 bridgehead atoms. The number of esters is 3. The number of allylic oxidation sites excluding steroid dienone is 12. The summed E-state index contributed by atoms with van der Waals surface area (Å²) in [4.78, 5) is 51.0. The molecule has 12 nitrogen and oxygen atoms in total. The molecular formula is C61H102O12. The smallest absolute Gasteiger partial charge is 0.335 e. The predicted molar refractivity (Wildman–Crippen MR) is 294 cm³/mol. The number of carboxylic acid groups (broad SMARTS) is 1. The van der Waals surface area contributed by atoms with Gasteiger partial charge >= 0.3 is 23.9 Å². The molecule has 0 saturated carbocycles. The molecular weight excluding hydrogens is 925 g/mol. The number of aliphatic carboxylic acids is 1. The summed E-state index contributed by atoms with van der Waals surface area (Å²) >= 11 is 0. The SMILES string of the molecule is CC/C=C\C/C=C\C/C=C\C/C=C\CCCCCCC(=O)OCC(COC1OC(C(=O)O)C(O)C(O)C1OC(=O)CCCCCCC/C=C\CCCC)OC(=O)CCCCCCC/C=C\CCCCCCCC. The Morgan fingerprint density at radius 3 is 1.37 bits per heavy atom. The standard InChI is InChI=1S/C61H102O12/c1-4-7-10-13-16-19-22-24-26-27-29-30-33-35-38-41-44-47-53(62)69-50-52(71-54(63)48-45-42-39-37-34-31-28-25-23-20-17-14-11-8-5-2)51-70-61-59(57(66)56(65)58(73-61)60(67)68)72-55(64)49-46-43-40-36-32-21-18-15-12-9-6-3/h7,10,15-16,18-19,24-26,28-30,52,56-59,61,65-66H,4-6,8-9,11-14,17,20-23,27,31-51H2,1-3H3,(H,67,68)/b10-7-,18-15-,19-16-,26-24-,28-25-,30-29-. The first-order chi connectivity index (χ1) is 35.6. The Labute approximate surface area is 442 Å². The minimum atomic E-state index is -1.91. The Bertz CT molecular complexity index is 1550. The Kier molecular flexibility index (Phi) is 45.1. The molecule has 0 aromatic rings. The van der Waals surface area contributed by atoms with E-state index in [0.717, 1.165) is 128 Å². The van der Waals surface area contributed by atoms with Crippen LogP contribution in [-0.4, -0.2) is 89.2 Å². The van der Waals surface area contributed by atoms with Gasteiger partial charge in [0.1, 0.15) is 18.8 Å². The molecule has 0 radical (unpaired) electrons. The van der Waals surface area contributed by atoms with Gasteiger partial charge < -0.3 is 39.0 Å². The van der Waals surface area contributed by atoms with Crippen molar-refractivity contribution in [2.45, 2.75) is 276 Å². The molecule has 0 aromatic carbocycles. The molecule has 6 atom stereocenters. The summed E-state index contributed by atoms with van der Waals surface area (Å²) < 4.78 is 28.3. The van der Waals surface area contributed by atoms with Gasteiger partial charge in [0.25, 0.3) is 0 Å². The number of carbonyl (C=O) groups excluding carboxylic acids is 3. The molecule has 6 unspecified atom stereocenters. The van der Waals surface area contributed by atoms with E-state index in [2.05, 4.69) is 93.7 Å². The number of ether oxygens (including phenoxy) is 5. The summed E-state index contributed by atoms with van der Waals surface area (Å²) in [5.74, 6) is -3.17. The van der Waals surface area contributed by atoms with Gasteiger partial charge in [-0.1, -0.05) is 190 Å². The third kappa shape index (κ3) is 39.3. The van der Waals surface area contributed by atoms with Crippen molar-refractivity contribution in [3.05, 3.63) is 72.9 Å². The molecule has 1 aliphatic rings. The zero-order valence-corrected chi connectivity index (χ0v) is 45.9. The first-order valence-corrected chi connectivity index (χ1v) is 28.9. The summed E-state index contributed by atoms with van der Waals surface area (Å²) in [6.45, 7) is 5.79. The van der Waals surface area contributed by atoms with Crippen LogP contribution < -0.4 is 0 Å². The third-order valence-electron chi connectivity index (χ3n) is 12.7. The highest BCUT2D eigenvalue weighted by atomic mass is 16.7. The van der Waals surface area contributed by atoms with E-state index >= 15 is 0 Å². The lowest BCUT2D eigenvalue weighted by Gasteiger charge is -2.40. The van der Waals surface area contributed by atoms with Crippen LogP contribution >= 0.6 is 0 Å². The molecule has 0 amide bonds. The number of hydrogen-bond donors (Lipinski definition) is 3. The van der Waals surface area contributed by atoms with Crippen LogP contribution in [0.5, 0.6) is 0 Å². The van der Waals surface area contributed by atoms with Crippen LogP contribution in [-0.2, 0) is 42.9 Å². The molecule has 1 saturated heterocycles. The average Bonchev–Trinajstić information content (AvgIpc) is 3.37. The molecule has 0 spiro atoms. The van der Waals surface area contributed by atoms with Crippen molar-refractivity contribution in [1.29, 1.82) is 0 Å². The molecule has 1 fully saturated rings. The minimum absolute atomic E-state index is 0.0448. The van der Waals surface area contributed by atoms with Crippen LogP contribution in [0.25, 0.3) is 0 Å². The summed E-state index contributed by atoms with van der Waals surface area (Å²) in [6.07, 6.45) is 48.8. The van der Waals surface area contributed by atoms with E-state index < -0.39 is 67.3 Å². The number of hydrogen-bond acceptors (Lipinski definition) is 11. The Morgan fingerprint density at radius 2 is 0.877 bits per heavy atom. The van der Waals surface area contributed by atoms with Gasteiger partial charge in [0.05, 0.1) is 6.61 Å². The summed E-state index contributed by atoms with van der Waals surface area (Å²) in [7, 11) is 0. The topological polar surface area (TPSA) is 175 Å². The zero-order chi connectivity index (χ0) is 53.3. The number of aliphatic hydroxyl groups excluding tert-OH is 2. The predicted octanol–water partition coefficient (Wildman–Crippen LogP) is 14.6. The molecule has 3 N–H and O–H groups in total. The fourth-order valence-electron chi connectivity index (χ4n) is 8.27. The van der Waals surface area contributed by atoms with Gasteiger partial charge in [0.15, 0.2) is 24.6 Å². The summed E-state index contributed by atoms with van der Waals surface area (Å²) in [5, 5.41) is 31.4. The van der Waals surface area contributed by atoms with Crippen molar-refractivity contribution in [2.24, 2.45) is 0 Å². The van der Waals surface area contributed by atoms with Gasteiger partial charge in [0, 0.05) is 19.3 Å². The van der Waals surface area contributed by atoms with Gasteiger partial charge in [-0.05, 0) is 103 Å². The maximum Gasteiger partial charge on any atom is 0.335 e.